The van der Waals surface area contributed by atoms with E-state index in [0.29, 0.717) is 12.2 Å². The number of nitrogens with one attached hydrogen (secondary N) is 1. The van der Waals surface area contributed by atoms with Crippen molar-refractivity contribution in [1.29, 1.82) is 0 Å². The third-order valence-corrected chi connectivity index (χ3v) is 4.44. The normalized spacial score (nSPS) is 17.0. The number of nitrogens with zero attached hydrogens (tertiary/aromatic N) is 2. The Balaban J connectivity index is 1.70. The molecule has 3 rings (SSSR count). The van der Waals surface area contributed by atoms with E-state index in [4.69, 9.17) is 0 Å². The summed E-state index contributed by atoms with van der Waals surface area (Å²) < 4.78 is 2.27. The molecule has 0 unspecified atom stereocenters. The molecule has 1 aliphatic carbocycles. The molecule has 0 aliphatic heterocycles. The van der Waals surface area contributed by atoms with Crippen molar-refractivity contribution in [2.24, 2.45) is 5.41 Å². The first kappa shape index (κ1) is 14.1. The molecule has 2 aromatic rings. The second-order valence-corrected chi connectivity index (χ2v) is 6.93. The van der Waals surface area contributed by atoms with Crippen LogP contribution in [0.3, 0.4) is 0 Å². The number of hydrogen-bond acceptors (Lipinski definition) is 2. The Kier molecular flexibility index (Phi) is 3.47. The van der Waals surface area contributed by atoms with Crippen LogP contribution >= 0.6 is 0 Å². The van der Waals surface area contributed by atoms with E-state index in [0.717, 1.165) is 37.1 Å². The molecule has 0 atom stereocenters. The largest absolute Gasteiger partial charge is 0.351 e. The molecule has 4 heteroatoms. The summed E-state index contributed by atoms with van der Waals surface area (Å²) in [6, 6.07) is 2.00. The number of fused-ring (bicyclic) bond motifs is 1. The van der Waals surface area contributed by atoms with Crippen molar-refractivity contribution >= 4 is 5.78 Å². The first-order valence-corrected chi connectivity index (χ1v) is 7.66. The maximum atomic E-state index is 12.2. The fourth-order valence-electron chi connectivity index (χ4n) is 3.28. The molecule has 0 bridgehead atoms. The van der Waals surface area contributed by atoms with E-state index in [-0.39, 0.29) is 5.41 Å². The zero-order valence-electron chi connectivity index (χ0n) is 13.1. The summed E-state index contributed by atoms with van der Waals surface area (Å²) in [6.45, 7) is 7.38. The average molecular weight is 285 g/mol. The number of aromatic amines is 1. The number of ketones is 1. The predicted octanol–water partition coefficient (Wildman–Crippen LogP) is 3.31. The van der Waals surface area contributed by atoms with Gasteiger partial charge in [-0.05, 0) is 43.2 Å². The quantitative estimate of drug-likeness (QED) is 0.937. The highest BCUT2D eigenvalue weighted by atomic mass is 16.1. The number of carbonyl (C=O) groups excluding carboxylic acids is 1. The Morgan fingerprint density at radius 2 is 2.19 bits per heavy atom. The molecule has 0 saturated carbocycles. The van der Waals surface area contributed by atoms with Gasteiger partial charge in [0, 0.05) is 36.1 Å². The van der Waals surface area contributed by atoms with Gasteiger partial charge >= 0.3 is 0 Å². The van der Waals surface area contributed by atoms with Crippen molar-refractivity contribution in [2.45, 2.75) is 53.0 Å². The fraction of sp³-hybridized carbons (Fsp3) is 0.529. The monoisotopic (exact) mass is 285 g/mol. The molecule has 1 aliphatic rings. The van der Waals surface area contributed by atoms with E-state index in [1.165, 1.54) is 11.3 Å². The van der Waals surface area contributed by atoms with Gasteiger partial charge in [-0.2, -0.15) is 5.10 Å². The minimum atomic E-state index is 0.0847. The lowest BCUT2D eigenvalue weighted by Gasteiger charge is -2.29. The second kappa shape index (κ2) is 5.17. The lowest BCUT2D eigenvalue weighted by molar-refractivity contribution is 0.0910. The number of Topliss-reactive ketones (excluding diaryl/α,β-unsaturated/α-hetero) is 1. The van der Waals surface area contributed by atoms with Crippen LogP contribution in [0.4, 0.5) is 0 Å². The number of carbonyl (C=O) groups is 1. The van der Waals surface area contributed by atoms with Crippen molar-refractivity contribution in [3.8, 4) is 0 Å². The second-order valence-electron chi connectivity index (χ2n) is 6.93. The van der Waals surface area contributed by atoms with Crippen LogP contribution in [-0.2, 0) is 19.4 Å². The van der Waals surface area contributed by atoms with Crippen molar-refractivity contribution in [1.82, 2.24) is 14.8 Å². The molecule has 0 aromatic carbocycles. The van der Waals surface area contributed by atoms with E-state index >= 15 is 0 Å². The van der Waals surface area contributed by atoms with Crippen LogP contribution < -0.4 is 0 Å². The third-order valence-electron chi connectivity index (χ3n) is 4.44. The lowest BCUT2D eigenvalue weighted by atomic mass is 9.76. The fourth-order valence-corrected chi connectivity index (χ4v) is 3.28. The Morgan fingerprint density at radius 1 is 1.38 bits per heavy atom. The number of aryl methyl sites for hydroxylation is 3. The van der Waals surface area contributed by atoms with Crippen molar-refractivity contribution < 1.29 is 4.79 Å². The molecule has 1 N–H and O–H groups in total. The number of hydrogen-bond donors (Lipinski definition) is 1. The van der Waals surface area contributed by atoms with Gasteiger partial charge in [0.1, 0.15) is 0 Å². The Labute approximate surface area is 125 Å². The summed E-state index contributed by atoms with van der Waals surface area (Å²) in [7, 11) is 0. The molecule has 0 radical (unpaired) electrons. The molecule has 4 nitrogen and oxygen atoms in total. The van der Waals surface area contributed by atoms with Crippen LogP contribution in [0.5, 0.6) is 0 Å². The van der Waals surface area contributed by atoms with Gasteiger partial charge in [-0.25, -0.2) is 0 Å². The lowest BCUT2D eigenvalue weighted by Crippen LogP contribution is -2.28. The average Bonchev–Trinajstić information content (AvgIpc) is 2.96. The van der Waals surface area contributed by atoms with E-state index in [9.17, 15) is 4.79 Å². The highest BCUT2D eigenvalue weighted by Crippen LogP contribution is 2.35. The van der Waals surface area contributed by atoms with Crippen molar-refractivity contribution in [3.05, 3.63) is 41.0 Å². The van der Waals surface area contributed by atoms with Crippen molar-refractivity contribution in [2.75, 3.05) is 0 Å². The van der Waals surface area contributed by atoms with E-state index in [2.05, 4.69) is 41.7 Å². The van der Waals surface area contributed by atoms with Gasteiger partial charge in [0.15, 0.2) is 5.78 Å². The minimum absolute atomic E-state index is 0.0847. The van der Waals surface area contributed by atoms with Gasteiger partial charge in [-0.3, -0.25) is 9.89 Å². The van der Waals surface area contributed by atoms with Gasteiger partial charge < -0.3 is 4.57 Å². The molecule has 0 spiro atoms. The summed E-state index contributed by atoms with van der Waals surface area (Å²) in [5.74, 6) is 0.297. The molecule has 2 aromatic heterocycles. The maximum absolute atomic E-state index is 12.2. The van der Waals surface area contributed by atoms with Crippen LogP contribution in [0, 0.1) is 12.3 Å². The molecular formula is C17H23N3O. The van der Waals surface area contributed by atoms with Crippen LogP contribution in [0.1, 0.15) is 54.0 Å². The standard InChI is InChI=1S/C17H23N3O/c1-12-13(11-18-19-12)5-4-7-20-8-6-14-15(20)9-17(2,3)10-16(14)21/h6,8,11H,4-5,7,9-10H2,1-3H3,(H,18,19). The summed E-state index contributed by atoms with van der Waals surface area (Å²) in [6.07, 6.45) is 7.73. The van der Waals surface area contributed by atoms with Gasteiger partial charge in [0.25, 0.3) is 0 Å². The van der Waals surface area contributed by atoms with Crippen molar-refractivity contribution in [3.63, 3.8) is 0 Å². The summed E-state index contributed by atoms with van der Waals surface area (Å²) in [4.78, 5) is 12.2. The van der Waals surface area contributed by atoms with Crippen LogP contribution in [0.25, 0.3) is 0 Å². The van der Waals surface area contributed by atoms with Crippen LogP contribution in [-0.4, -0.2) is 20.5 Å². The summed E-state index contributed by atoms with van der Waals surface area (Å²) in [5.41, 5.74) is 4.68. The zero-order valence-corrected chi connectivity index (χ0v) is 13.1. The minimum Gasteiger partial charge on any atom is -0.351 e. The molecule has 2 heterocycles. The third kappa shape index (κ3) is 2.80. The van der Waals surface area contributed by atoms with E-state index in [1.807, 2.05) is 12.3 Å². The molecular weight excluding hydrogens is 262 g/mol. The topological polar surface area (TPSA) is 50.7 Å². The first-order valence-electron chi connectivity index (χ1n) is 7.66. The molecule has 0 saturated heterocycles. The van der Waals surface area contributed by atoms with E-state index in [1.54, 1.807) is 0 Å². The van der Waals surface area contributed by atoms with Gasteiger partial charge in [0.2, 0.25) is 0 Å². The van der Waals surface area contributed by atoms with Crippen LogP contribution in [0.15, 0.2) is 18.5 Å². The van der Waals surface area contributed by atoms with Crippen LogP contribution in [0.2, 0.25) is 0 Å². The molecule has 21 heavy (non-hydrogen) atoms. The van der Waals surface area contributed by atoms with E-state index < -0.39 is 0 Å². The van der Waals surface area contributed by atoms with Gasteiger partial charge in [0.05, 0.1) is 6.20 Å². The van der Waals surface area contributed by atoms with Gasteiger partial charge in [-0.15, -0.1) is 0 Å². The molecule has 0 fully saturated rings. The highest BCUT2D eigenvalue weighted by Gasteiger charge is 2.32. The zero-order chi connectivity index (χ0) is 15.0. The number of aromatic nitrogens is 3. The summed E-state index contributed by atoms with van der Waals surface area (Å²) >= 11 is 0. The smallest absolute Gasteiger partial charge is 0.165 e. The highest BCUT2D eigenvalue weighted by molar-refractivity contribution is 5.98. The first-order chi connectivity index (χ1) is 9.96. The Morgan fingerprint density at radius 3 is 2.90 bits per heavy atom. The Bertz CT molecular complexity index is 663. The molecule has 112 valence electrons. The SMILES string of the molecule is Cc1[nH]ncc1CCCn1ccc2c1CC(C)(C)CC2=O. The maximum Gasteiger partial charge on any atom is 0.165 e. The molecule has 0 amide bonds. The number of H-pyrrole nitrogens is 1. The summed E-state index contributed by atoms with van der Waals surface area (Å²) in [5, 5.41) is 7.04. The Hall–Kier alpha value is -1.84. The predicted molar refractivity (Wildman–Crippen MR) is 82.5 cm³/mol. The number of rotatable bonds is 4. The van der Waals surface area contributed by atoms with Gasteiger partial charge in [-0.1, -0.05) is 13.8 Å².